The number of carbonyl (C=O) groups excluding carboxylic acids is 1. The lowest BCUT2D eigenvalue weighted by atomic mass is 9.85. The predicted molar refractivity (Wildman–Crippen MR) is 98.5 cm³/mol. The number of hydrogen-bond acceptors (Lipinski definition) is 6. The van der Waals surface area contributed by atoms with E-state index in [0.29, 0.717) is 5.13 Å². The van der Waals surface area contributed by atoms with Crippen molar-refractivity contribution >= 4 is 22.4 Å². The van der Waals surface area contributed by atoms with E-state index in [1.54, 1.807) is 0 Å². The van der Waals surface area contributed by atoms with Crippen LogP contribution in [-0.2, 0) is 6.42 Å². The third-order valence-electron chi connectivity index (χ3n) is 5.66. The number of nitrogens with two attached hydrogens (primary N) is 1. The average Bonchev–Trinajstić information content (AvgIpc) is 2.88. The van der Waals surface area contributed by atoms with Gasteiger partial charge in [0.2, 0.25) is 0 Å². The highest BCUT2D eigenvalue weighted by atomic mass is 32.1. The van der Waals surface area contributed by atoms with Crippen LogP contribution in [0.3, 0.4) is 0 Å². The van der Waals surface area contributed by atoms with Crippen LogP contribution in [0, 0.1) is 0 Å². The van der Waals surface area contributed by atoms with Crippen LogP contribution in [0.2, 0.25) is 0 Å². The van der Waals surface area contributed by atoms with Crippen molar-refractivity contribution in [2.24, 2.45) is 0 Å². The van der Waals surface area contributed by atoms with E-state index in [2.05, 4.69) is 33.8 Å². The van der Waals surface area contributed by atoms with Crippen molar-refractivity contribution in [2.45, 2.75) is 38.1 Å². The van der Waals surface area contributed by atoms with Crippen LogP contribution in [0.1, 0.15) is 41.6 Å². The van der Waals surface area contributed by atoms with E-state index in [9.17, 15) is 4.79 Å². The summed E-state index contributed by atoms with van der Waals surface area (Å²) >= 11 is 1.34. The van der Waals surface area contributed by atoms with Crippen molar-refractivity contribution in [2.75, 3.05) is 52.6 Å². The fraction of sp³-hybridized carbons (Fsp3) is 0.765. The molecule has 2 N–H and O–H groups in total. The molecule has 0 atom stereocenters. The van der Waals surface area contributed by atoms with Gasteiger partial charge in [-0.3, -0.25) is 9.69 Å². The van der Waals surface area contributed by atoms with Crippen LogP contribution in [0.5, 0.6) is 0 Å². The number of thiazole rings is 1. The van der Waals surface area contributed by atoms with Crippen molar-refractivity contribution in [3.05, 3.63) is 10.6 Å². The van der Waals surface area contributed by atoms with Crippen LogP contribution in [0.25, 0.3) is 0 Å². The zero-order valence-corrected chi connectivity index (χ0v) is 15.9. The number of amides is 1. The first-order chi connectivity index (χ1) is 11.4. The summed E-state index contributed by atoms with van der Waals surface area (Å²) in [7, 11) is 4.40. The van der Waals surface area contributed by atoms with E-state index >= 15 is 0 Å². The van der Waals surface area contributed by atoms with Crippen LogP contribution < -0.4 is 5.73 Å². The Balaban J connectivity index is 1.83. The number of carbonyl (C=O) groups is 1. The van der Waals surface area contributed by atoms with Crippen LogP contribution in [0.4, 0.5) is 5.13 Å². The Morgan fingerprint density at radius 3 is 2.62 bits per heavy atom. The fourth-order valence-corrected chi connectivity index (χ4v) is 4.85. The third kappa shape index (κ3) is 3.30. The van der Waals surface area contributed by atoms with Gasteiger partial charge in [0, 0.05) is 25.2 Å². The van der Waals surface area contributed by atoms with E-state index in [1.807, 2.05) is 6.92 Å². The molecule has 2 fully saturated rings. The maximum absolute atomic E-state index is 13.2. The largest absolute Gasteiger partial charge is 0.375 e. The van der Waals surface area contributed by atoms with Gasteiger partial charge in [-0.25, -0.2) is 4.98 Å². The van der Waals surface area contributed by atoms with Gasteiger partial charge in [-0.15, -0.1) is 0 Å². The Morgan fingerprint density at radius 1 is 1.25 bits per heavy atom. The second-order valence-corrected chi connectivity index (χ2v) is 8.24. The SMILES string of the molecule is CCc1nc(N)sc1C(=O)N1CCCN(C)C2(CCN(C)CC2)C1. The third-order valence-corrected chi connectivity index (χ3v) is 6.58. The molecule has 1 amide bonds. The van der Waals surface area contributed by atoms with Gasteiger partial charge in [0.1, 0.15) is 4.88 Å². The van der Waals surface area contributed by atoms with Gasteiger partial charge < -0.3 is 15.5 Å². The molecule has 1 aromatic heterocycles. The maximum Gasteiger partial charge on any atom is 0.266 e. The Bertz CT molecular complexity index is 594. The number of hydrogen-bond donors (Lipinski definition) is 1. The number of rotatable bonds is 2. The molecule has 0 unspecified atom stereocenters. The summed E-state index contributed by atoms with van der Waals surface area (Å²) < 4.78 is 0. The molecule has 0 radical (unpaired) electrons. The number of likely N-dealkylation sites (tertiary alicyclic amines) is 1. The topological polar surface area (TPSA) is 65.7 Å². The van der Waals surface area contributed by atoms with Crippen molar-refractivity contribution in [3.63, 3.8) is 0 Å². The summed E-state index contributed by atoms with van der Waals surface area (Å²) in [4.78, 5) is 25.2. The Labute approximate surface area is 148 Å². The molecule has 7 heteroatoms. The first kappa shape index (κ1) is 17.6. The molecule has 3 rings (SSSR count). The minimum atomic E-state index is 0.112. The summed E-state index contributed by atoms with van der Waals surface area (Å²) in [6.45, 7) is 6.91. The molecule has 0 bridgehead atoms. The first-order valence-corrected chi connectivity index (χ1v) is 9.71. The smallest absolute Gasteiger partial charge is 0.266 e. The summed E-state index contributed by atoms with van der Waals surface area (Å²) in [6, 6.07) is 0. The van der Waals surface area contributed by atoms with E-state index in [0.717, 1.165) is 69.0 Å². The zero-order chi connectivity index (χ0) is 17.3. The molecule has 0 aromatic carbocycles. The monoisotopic (exact) mass is 351 g/mol. The van der Waals surface area contributed by atoms with Gasteiger partial charge >= 0.3 is 0 Å². The van der Waals surface area contributed by atoms with E-state index < -0.39 is 0 Å². The quantitative estimate of drug-likeness (QED) is 0.875. The standard InChI is InChI=1S/C17H29N5OS/c1-4-13-14(24-16(18)19-13)15(23)22-9-5-8-21(3)17(12-22)6-10-20(2)11-7-17/h4-12H2,1-3H3,(H2,18,19). The zero-order valence-electron chi connectivity index (χ0n) is 15.0. The van der Waals surface area contributed by atoms with Gasteiger partial charge in [0.15, 0.2) is 5.13 Å². The van der Waals surface area contributed by atoms with E-state index in [-0.39, 0.29) is 11.4 Å². The Morgan fingerprint density at radius 2 is 1.96 bits per heavy atom. The molecular formula is C17H29N5OS. The summed E-state index contributed by atoms with van der Waals surface area (Å²) in [5.74, 6) is 0.120. The molecule has 0 saturated carbocycles. The van der Waals surface area contributed by atoms with Crippen molar-refractivity contribution < 1.29 is 4.79 Å². The second kappa shape index (κ2) is 6.98. The number of likely N-dealkylation sites (N-methyl/N-ethyl adjacent to an activating group) is 1. The Kier molecular flexibility index (Phi) is 5.13. The van der Waals surface area contributed by atoms with Gasteiger partial charge in [0.25, 0.3) is 5.91 Å². The summed E-state index contributed by atoms with van der Waals surface area (Å²) in [5, 5.41) is 0.496. The highest BCUT2D eigenvalue weighted by molar-refractivity contribution is 7.17. The van der Waals surface area contributed by atoms with E-state index in [1.165, 1.54) is 11.3 Å². The minimum Gasteiger partial charge on any atom is -0.375 e. The molecule has 2 aliphatic heterocycles. The molecule has 0 aliphatic carbocycles. The van der Waals surface area contributed by atoms with Crippen LogP contribution in [-0.4, -0.2) is 77.9 Å². The van der Waals surface area contributed by atoms with Gasteiger partial charge in [-0.1, -0.05) is 18.3 Å². The number of anilines is 1. The molecule has 24 heavy (non-hydrogen) atoms. The number of aryl methyl sites for hydroxylation is 1. The van der Waals surface area contributed by atoms with Crippen molar-refractivity contribution in [3.8, 4) is 0 Å². The lowest BCUT2D eigenvalue weighted by Gasteiger charge is -2.47. The molecule has 2 saturated heterocycles. The first-order valence-electron chi connectivity index (χ1n) is 8.89. The molecular weight excluding hydrogens is 322 g/mol. The molecule has 6 nitrogen and oxygen atoms in total. The molecule has 2 aliphatic rings. The van der Waals surface area contributed by atoms with Gasteiger partial charge in [-0.05, 0) is 52.9 Å². The van der Waals surface area contributed by atoms with E-state index in [4.69, 9.17) is 5.73 Å². The number of aromatic nitrogens is 1. The normalized spacial score (nSPS) is 22.7. The van der Waals surface area contributed by atoms with Gasteiger partial charge in [0.05, 0.1) is 5.69 Å². The summed E-state index contributed by atoms with van der Waals surface area (Å²) in [6.07, 6.45) is 4.01. The number of piperidine rings is 1. The lowest BCUT2D eigenvalue weighted by molar-refractivity contribution is 0.0318. The predicted octanol–water partition coefficient (Wildman–Crippen LogP) is 1.53. The minimum absolute atomic E-state index is 0.112. The second-order valence-electron chi connectivity index (χ2n) is 7.21. The molecule has 134 valence electrons. The molecule has 3 heterocycles. The average molecular weight is 352 g/mol. The van der Waals surface area contributed by atoms with Crippen LogP contribution >= 0.6 is 11.3 Å². The van der Waals surface area contributed by atoms with Crippen LogP contribution in [0.15, 0.2) is 0 Å². The van der Waals surface area contributed by atoms with Gasteiger partial charge in [-0.2, -0.15) is 0 Å². The summed E-state index contributed by atoms with van der Waals surface area (Å²) in [5.41, 5.74) is 6.81. The van der Waals surface area contributed by atoms with Crippen molar-refractivity contribution in [1.29, 1.82) is 0 Å². The highest BCUT2D eigenvalue weighted by Crippen LogP contribution is 2.32. The fourth-order valence-electron chi connectivity index (χ4n) is 3.96. The maximum atomic E-state index is 13.2. The highest BCUT2D eigenvalue weighted by Gasteiger charge is 2.41. The van der Waals surface area contributed by atoms with Crippen molar-refractivity contribution in [1.82, 2.24) is 19.7 Å². The number of nitrogen functional groups attached to an aromatic ring is 1. The Hall–Kier alpha value is -1.18. The molecule has 1 aromatic rings. The number of nitrogens with zero attached hydrogens (tertiary/aromatic N) is 4. The molecule has 1 spiro atoms. The lowest BCUT2D eigenvalue weighted by Crippen LogP contribution is -2.58.